The number of alkyl halides is 2. The smallest absolute Gasteiger partial charge is 0.382 e. The van der Waals surface area contributed by atoms with Crippen LogP contribution in [-0.4, -0.2) is 48.8 Å². The van der Waals surface area contributed by atoms with E-state index in [1.165, 1.54) is 127 Å². The Morgan fingerprint density at radius 1 is 0.331 bits per heavy atom. The number of para-hydroxylation sites is 2. The topological polar surface area (TPSA) is 39.3 Å². The summed E-state index contributed by atoms with van der Waals surface area (Å²) >= 11 is 20.5. The SMILES string of the molecule is C.CC(C)(C)c1ccc(-n2c3ccc(C4(c5ccc(Br)cc5)c5ccccc5-c5ccccc54)cc3c3cc(C4(c5ccc(Br)cc5)c5ccccc5-c5ccccc54)ccc32)cc1.CC(C)(C)c1ccc(-n2c3ccccc3c3ccccc32)cc1.CCOCC.ClCCl.FB(F)F.OC1(c2ccc(Br)cc2)c2ccccc2-c2ccccc21.[B]. The molecule has 0 unspecified atom stereocenters. The van der Waals surface area contributed by atoms with Gasteiger partial charge < -0.3 is 19.0 Å². The summed E-state index contributed by atoms with van der Waals surface area (Å²) in [6.45, 7) is 19.3. The van der Waals surface area contributed by atoms with Crippen LogP contribution in [0.25, 0.3) is 88.4 Å². The van der Waals surface area contributed by atoms with Crippen LogP contribution in [0.2, 0.25) is 0 Å². The molecule has 4 nitrogen and oxygen atoms in total. The minimum absolute atomic E-state index is 0. The predicted molar refractivity (Wildman–Crippen MR) is 517 cm³/mol. The maximum atomic E-state index is 11.5. The molecule has 3 aliphatic rings. The van der Waals surface area contributed by atoms with Gasteiger partial charge in [-0.3, -0.25) is 12.9 Å². The first-order valence-electron chi connectivity index (χ1n) is 40.0. The van der Waals surface area contributed by atoms with Gasteiger partial charge in [0.25, 0.3) is 0 Å². The van der Waals surface area contributed by atoms with E-state index in [1.807, 2.05) is 74.5 Å². The zero-order valence-electron chi connectivity index (χ0n) is 68.0. The van der Waals surface area contributed by atoms with Crippen LogP contribution in [0.4, 0.5) is 12.9 Å². The molecular weight excluding hydrogens is 1730 g/mol. The third kappa shape index (κ3) is 16.5. The average molecular weight is 1830 g/mol. The number of rotatable bonds is 9. The summed E-state index contributed by atoms with van der Waals surface area (Å²) in [4.78, 5) is 0. The number of nitrogens with zero attached hydrogens (tertiary/aromatic N) is 2. The van der Waals surface area contributed by atoms with E-state index in [9.17, 15) is 18.1 Å². The van der Waals surface area contributed by atoms with E-state index in [1.54, 1.807) is 0 Å². The summed E-state index contributed by atoms with van der Waals surface area (Å²) in [6.07, 6.45) is 0. The highest BCUT2D eigenvalue weighted by Gasteiger charge is 2.49. The highest BCUT2D eigenvalue weighted by atomic mass is 79.9. The molecule has 0 saturated heterocycles. The summed E-state index contributed by atoms with van der Waals surface area (Å²) in [5, 5.41) is 16.8. The van der Waals surface area contributed by atoms with Crippen molar-refractivity contribution >= 4 is 131 Å². The van der Waals surface area contributed by atoms with Gasteiger partial charge in [-0.25, -0.2) is 0 Å². The number of hydrogen-bond acceptors (Lipinski definition) is 2. The van der Waals surface area contributed by atoms with Gasteiger partial charge >= 0.3 is 7.54 Å². The highest BCUT2D eigenvalue weighted by Crippen LogP contribution is 2.60. The summed E-state index contributed by atoms with van der Waals surface area (Å²) < 4.78 is 41.8. The van der Waals surface area contributed by atoms with Crippen LogP contribution >= 0.6 is 71.0 Å². The largest absolute Gasteiger partial charge is 0.762 e. The number of aromatic nitrogens is 2. The Morgan fingerprint density at radius 2 is 0.570 bits per heavy atom. The first-order valence-corrected chi connectivity index (χ1v) is 43.5. The molecule has 0 spiro atoms. The van der Waals surface area contributed by atoms with Gasteiger partial charge in [-0.05, 0) is 216 Å². The molecule has 14 heteroatoms. The lowest BCUT2D eigenvalue weighted by Gasteiger charge is -2.34. The maximum Gasteiger partial charge on any atom is 0.762 e. The van der Waals surface area contributed by atoms with E-state index in [-0.39, 0.29) is 32.0 Å². The van der Waals surface area contributed by atoms with E-state index >= 15 is 0 Å². The predicted octanol–water partition coefficient (Wildman–Crippen LogP) is 30.7. The van der Waals surface area contributed by atoms with Crippen molar-refractivity contribution in [3.63, 3.8) is 0 Å². The molecule has 0 atom stereocenters. The van der Waals surface area contributed by atoms with Gasteiger partial charge in [0, 0.05) is 79.1 Å². The molecule has 0 fully saturated rings. The molecule has 3 aliphatic carbocycles. The first-order chi connectivity index (χ1) is 57.5. The lowest BCUT2D eigenvalue weighted by molar-refractivity contribution is 0.130. The number of benzene rings is 15. The molecule has 0 aliphatic heterocycles. The van der Waals surface area contributed by atoms with Crippen molar-refractivity contribution in [1.29, 1.82) is 0 Å². The van der Waals surface area contributed by atoms with Crippen LogP contribution in [-0.2, 0) is 32.0 Å². The van der Waals surface area contributed by atoms with Gasteiger partial charge in [-0.2, -0.15) is 0 Å². The van der Waals surface area contributed by atoms with Crippen molar-refractivity contribution in [3.05, 3.63) is 438 Å². The number of fused-ring (bicyclic) bond motifs is 15. The Kier molecular flexibility index (Phi) is 27.2. The fourth-order valence-corrected chi connectivity index (χ4v) is 18.8. The van der Waals surface area contributed by atoms with E-state index in [4.69, 9.17) is 27.9 Å². The van der Waals surface area contributed by atoms with Gasteiger partial charge in [0.1, 0.15) is 5.60 Å². The summed E-state index contributed by atoms with van der Waals surface area (Å²) in [6, 6.07) is 128. The minimum Gasteiger partial charge on any atom is -0.382 e. The van der Waals surface area contributed by atoms with Gasteiger partial charge in [-0.1, -0.05) is 352 Å². The zero-order valence-corrected chi connectivity index (χ0v) is 74.3. The molecule has 1 N–H and O–H groups in total. The fraction of sp³-hybridized carbons (Fsp3) is 0.159. The lowest BCUT2D eigenvalue weighted by atomic mass is 9.67. The van der Waals surface area contributed by atoms with Crippen LogP contribution in [0, 0.1) is 0 Å². The standard InChI is InChI=1S/C60H43Br2N.C22H21N.C19H13BrO.C4H10O.CH2Cl2.CH4.BF3.B/c1-58(2,3)38-24-32-45(33-25-38)63-56-34-26-41(59(39-20-28-43(61)29-21-39)52-16-8-4-12-46(52)47-13-5-9-17-53(47)59)36-50(56)51-37-42(27-35-57(51)63)60(40-22-30-44(62)31-23-40)54-18-10-6-14-48(54)49-15-7-11-19-55(49)60;1-22(2,3)16-12-14-17(15-13-16)23-20-10-6-4-8-18(20)19-9-5-7-11-21(19)23;20-14-11-9-13(10-12-14)19(21)17-7-3-1-5-15(17)16-6-2-4-8-18(16)19;1-3-5-4-2;2-1-3;;2-1(3)4;/h4-37H,1-3H3;4-15H,1-3H3;1-12,21H;3-4H2,1-2H3;1H2;1H4;;. The summed E-state index contributed by atoms with van der Waals surface area (Å²) in [5.74, 6) is 0. The van der Waals surface area contributed by atoms with Crippen LogP contribution in [0.15, 0.2) is 365 Å². The fourth-order valence-electron chi connectivity index (χ4n) is 18.1. The van der Waals surface area contributed by atoms with Gasteiger partial charge in [0.2, 0.25) is 0 Å². The van der Waals surface area contributed by atoms with Crippen molar-refractivity contribution < 1.29 is 22.8 Å². The Balaban J connectivity index is 0.000000177. The van der Waals surface area contributed by atoms with Gasteiger partial charge in [0.05, 0.1) is 38.2 Å². The molecule has 0 saturated carbocycles. The number of hydrogen-bond donors (Lipinski definition) is 1. The molecule has 17 aromatic rings. The van der Waals surface area contributed by atoms with Crippen LogP contribution in [0.1, 0.15) is 135 Å². The minimum atomic E-state index is -3.67. The molecule has 2 aromatic heterocycles. The van der Waals surface area contributed by atoms with Crippen molar-refractivity contribution in [1.82, 2.24) is 9.13 Å². The molecule has 3 radical (unpaired) electrons. The second-order valence-electron chi connectivity index (χ2n) is 31.9. The third-order valence-corrected chi connectivity index (χ3v) is 24.8. The van der Waals surface area contributed by atoms with Crippen LogP contribution < -0.4 is 0 Å². The molecule has 2 heterocycles. The normalized spacial score (nSPS) is 13.0. The molecule has 20 rings (SSSR count). The van der Waals surface area contributed by atoms with Crippen molar-refractivity contribution in [2.75, 3.05) is 18.6 Å². The second kappa shape index (κ2) is 37.2. The molecule has 15 aromatic carbocycles. The molecular formula is C107H93B2Br3Cl2F3N2O2. The third-order valence-electron chi connectivity index (χ3n) is 23.2. The number of ether oxygens (including phenoxy) is 1. The molecule has 121 heavy (non-hydrogen) atoms. The van der Waals surface area contributed by atoms with E-state index in [2.05, 4.69) is 390 Å². The molecule has 0 bridgehead atoms. The monoisotopic (exact) mass is 1820 g/mol. The Labute approximate surface area is 747 Å². The van der Waals surface area contributed by atoms with E-state index in [0.29, 0.717) is 0 Å². The zero-order chi connectivity index (χ0) is 83.5. The highest BCUT2D eigenvalue weighted by molar-refractivity contribution is 9.11. The summed E-state index contributed by atoms with van der Waals surface area (Å²) in [7, 11) is -3.67. The van der Waals surface area contributed by atoms with Crippen LogP contribution in [0.3, 0.4) is 0 Å². The molecule has 0 amide bonds. The van der Waals surface area contributed by atoms with Crippen molar-refractivity contribution in [2.45, 2.75) is 90.1 Å². The number of halogens is 8. The molecule has 605 valence electrons. The Hall–Kier alpha value is -10.2. The van der Waals surface area contributed by atoms with Crippen molar-refractivity contribution in [2.24, 2.45) is 0 Å². The summed E-state index contributed by atoms with van der Waals surface area (Å²) in [5.41, 5.74) is 28.4. The second-order valence-corrected chi connectivity index (χ2v) is 35.5. The van der Waals surface area contributed by atoms with E-state index < -0.39 is 24.0 Å². The maximum absolute atomic E-state index is 11.5. The Morgan fingerprint density at radius 3 is 0.851 bits per heavy atom. The number of aliphatic hydroxyl groups is 1. The first kappa shape index (κ1) is 88.5. The average Bonchev–Trinajstić information content (AvgIpc) is 1.54. The lowest BCUT2D eigenvalue weighted by Crippen LogP contribution is -2.28. The van der Waals surface area contributed by atoms with E-state index in [0.717, 1.165) is 60.1 Å². The Bertz CT molecular complexity index is 6100. The quantitative estimate of drug-likeness (QED) is 0.116. The van der Waals surface area contributed by atoms with Gasteiger partial charge in [0.15, 0.2) is 0 Å². The van der Waals surface area contributed by atoms with Gasteiger partial charge in [-0.15, -0.1) is 23.2 Å². The van der Waals surface area contributed by atoms with Crippen molar-refractivity contribution in [3.8, 4) is 44.8 Å². The van der Waals surface area contributed by atoms with Crippen LogP contribution in [0.5, 0.6) is 0 Å².